The molecule has 3 rings (SSSR count). The van der Waals surface area contributed by atoms with Gasteiger partial charge in [0.1, 0.15) is 0 Å². The van der Waals surface area contributed by atoms with Crippen LogP contribution in [-0.4, -0.2) is 24.3 Å². The SMILES string of the molecule is COc1cccc(/C=N\NC(=O)c2ccc(CNc3ccccc3)cc2)c1O. The van der Waals surface area contributed by atoms with E-state index < -0.39 is 0 Å². The number of carbonyl (C=O) groups is 1. The number of rotatable bonds is 7. The number of hydrazone groups is 1. The maximum Gasteiger partial charge on any atom is 0.271 e. The maximum absolute atomic E-state index is 12.2. The number of carbonyl (C=O) groups excluding carboxylic acids is 1. The maximum atomic E-state index is 12.2. The molecule has 28 heavy (non-hydrogen) atoms. The van der Waals surface area contributed by atoms with Crippen LogP contribution in [0.15, 0.2) is 77.9 Å². The number of phenols is 1. The van der Waals surface area contributed by atoms with E-state index in [1.165, 1.54) is 13.3 Å². The van der Waals surface area contributed by atoms with Crippen LogP contribution in [0.4, 0.5) is 5.69 Å². The summed E-state index contributed by atoms with van der Waals surface area (Å²) in [6, 6.07) is 22.2. The van der Waals surface area contributed by atoms with Crippen molar-refractivity contribution in [2.24, 2.45) is 5.10 Å². The number of nitrogens with one attached hydrogen (secondary N) is 2. The third-order valence-electron chi connectivity index (χ3n) is 4.11. The van der Waals surface area contributed by atoms with E-state index in [2.05, 4.69) is 15.8 Å². The first-order valence-corrected chi connectivity index (χ1v) is 8.74. The molecule has 3 N–H and O–H groups in total. The molecular formula is C22H21N3O3. The summed E-state index contributed by atoms with van der Waals surface area (Å²) < 4.78 is 5.04. The molecule has 0 aromatic heterocycles. The van der Waals surface area contributed by atoms with Gasteiger partial charge >= 0.3 is 0 Å². The molecule has 0 fully saturated rings. The van der Waals surface area contributed by atoms with Crippen molar-refractivity contribution in [2.75, 3.05) is 12.4 Å². The average Bonchev–Trinajstić information content (AvgIpc) is 2.74. The van der Waals surface area contributed by atoms with Crippen molar-refractivity contribution >= 4 is 17.8 Å². The Morgan fingerprint density at radius 2 is 1.79 bits per heavy atom. The molecule has 0 atom stereocenters. The van der Waals surface area contributed by atoms with Crippen molar-refractivity contribution in [1.29, 1.82) is 0 Å². The van der Waals surface area contributed by atoms with Crippen LogP contribution >= 0.6 is 0 Å². The minimum Gasteiger partial charge on any atom is -0.504 e. The van der Waals surface area contributed by atoms with Crippen molar-refractivity contribution in [2.45, 2.75) is 6.54 Å². The summed E-state index contributed by atoms with van der Waals surface area (Å²) >= 11 is 0. The Kier molecular flexibility index (Phi) is 6.25. The summed E-state index contributed by atoms with van der Waals surface area (Å²) in [6.07, 6.45) is 1.37. The minimum absolute atomic E-state index is 0.0294. The van der Waals surface area contributed by atoms with Crippen LogP contribution < -0.4 is 15.5 Å². The van der Waals surface area contributed by atoms with Gasteiger partial charge in [0.2, 0.25) is 0 Å². The Morgan fingerprint density at radius 1 is 1.04 bits per heavy atom. The van der Waals surface area contributed by atoms with E-state index in [1.807, 2.05) is 42.5 Å². The van der Waals surface area contributed by atoms with E-state index >= 15 is 0 Å². The quantitative estimate of drug-likeness (QED) is 0.434. The topological polar surface area (TPSA) is 83.0 Å². The first kappa shape index (κ1) is 19.0. The highest BCUT2D eigenvalue weighted by Gasteiger charge is 2.06. The fourth-order valence-electron chi connectivity index (χ4n) is 2.57. The molecule has 6 nitrogen and oxygen atoms in total. The summed E-state index contributed by atoms with van der Waals surface area (Å²) in [5, 5.41) is 17.2. The van der Waals surface area contributed by atoms with Crippen LogP contribution in [0.5, 0.6) is 11.5 Å². The van der Waals surface area contributed by atoms with Crippen molar-refractivity contribution in [3.8, 4) is 11.5 Å². The number of nitrogens with zero attached hydrogens (tertiary/aromatic N) is 1. The zero-order valence-corrected chi connectivity index (χ0v) is 15.4. The van der Waals surface area contributed by atoms with Crippen molar-refractivity contribution < 1.29 is 14.6 Å². The molecule has 3 aromatic carbocycles. The lowest BCUT2D eigenvalue weighted by atomic mass is 10.1. The molecular weight excluding hydrogens is 354 g/mol. The van der Waals surface area contributed by atoms with Gasteiger partial charge in [-0.1, -0.05) is 36.4 Å². The van der Waals surface area contributed by atoms with E-state index in [9.17, 15) is 9.90 Å². The second kappa shape index (κ2) is 9.23. The van der Waals surface area contributed by atoms with Gasteiger partial charge in [0.15, 0.2) is 11.5 Å². The monoisotopic (exact) mass is 375 g/mol. The zero-order chi connectivity index (χ0) is 19.8. The summed E-state index contributed by atoms with van der Waals surface area (Å²) in [4.78, 5) is 12.2. The molecule has 6 heteroatoms. The van der Waals surface area contributed by atoms with E-state index in [0.717, 1.165) is 11.3 Å². The number of phenolic OH excluding ortho intramolecular Hbond substituents is 1. The molecule has 0 saturated heterocycles. The summed E-state index contributed by atoms with van der Waals surface area (Å²) in [5.41, 5.74) is 5.50. The van der Waals surface area contributed by atoms with Gasteiger partial charge in [-0.2, -0.15) is 5.10 Å². The zero-order valence-electron chi connectivity index (χ0n) is 15.4. The molecule has 0 unspecified atom stereocenters. The van der Waals surface area contributed by atoms with Gasteiger partial charge in [0, 0.05) is 23.4 Å². The van der Waals surface area contributed by atoms with Crippen molar-refractivity contribution in [3.63, 3.8) is 0 Å². The second-order valence-electron chi connectivity index (χ2n) is 6.01. The first-order chi connectivity index (χ1) is 13.7. The fraction of sp³-hybridized carbons (Fsp3) is 0.0909. The number of amides is 1. The largest absolute Gasteiger partial charge is 0.504 e. The van der Waals surface area contributed by atoms with Crippen LogP contribution in [0.25, 0.3) is 0 Å². The van der Waals surface area contributed by atoms with Gasteiger partial charge in [0.05, 0.1) is 13.3 Å². The molecule has 0 aliphatic carbocycles. The van der Waals surface area contributed by atoms with Crippen LogP contribution in [-0.2, 0) is 6.54 Å². The van der Waals surface area contributed by atoms with Gasteiger partial charge in [-0.3, -0.25) is 4.79 Å². The number of anilines is 1. The Morgan fingerprint density at radius 3 is 2.50 bits per heavy atom. The number of para-hydroxylation sites is 2. The van der Waals surface area contributed by atoms with E-state index in [-0.39, 0.29) is 11.7 Å². The molecule has 0 saturated carbocycles. The Bertz CT molecular complexity index is 955. The standard InChI is InChI=1S/C22H21N3O3/c1-28-20-9-5-6-18(21(20)26)15-24-25-22(27)17-12-10-16(11-13-17)14-23-19-7-3-2-4-8-19/h2-13,15,23,26H,14H2,1H3,(H,25,27)/b24-15-. The van der Waals surface area contributed by atoms with E-state index in [4.69, 9.17) is 4.74 Å². The lowest BCUT2D eigenvalue weighted by molar-refractivity contribution is 0.0955. The smallest absolute Gasteiger partial charge is 0.271 e. The molecule has 0 aliphatic heterocycles. The lowest BCUT2D eigenvalue weighted by Gasteiger charge is -2.07. The number of hydrogen-bond donors (Lipinski definition) is 3. The summed E-state index contributed by atoms with van der Waals surface area (Å²) in [5.74, 6) is -0.0190. The van der Waals surface area contributed by atoms with Crippen LogP contribution in [0.2, 0.25) is 0 Å². The van der Waals surface area contributed by atoms with Gasteiger partial charge < -0.3 is 15.2 Å². The molecule has 0 aliphatic rings. The Labute approximate surface area is 163 Å². The predicted octanol–water partition coefficient (Wildman–Crippen LogP) is 3.78. The highest BCUT2D eigenvalue weighted by Crippen LogP contribution is 2.27. The summed E-state index contributed by atoms with van der Waals surface area (Å²) in [7, 11) is 1.47. The highest BCUT2D eigenvalue weighted by atomic mass is 16.5. The second-order valence-corrected chi connectivity index (χ2v) is 6.01. The predicted molar refractivity (Wildman–Crippen MR) is 110 cm³/mol. The van der Waals surface area contributed by atoms with Gasteiger partial charge in [0.25, 0.3) is 5.91 Å². The number of benzene rings is 3. The molecule has 0 spiro atoms. The first-order valence-electron chi connectivity index (χ1n) is 8.74. The van der Waals surface area contributed by atoms with Crippen LogP contribution in [0.1, 0.15) is 21.5 Å². The normalized spacial score (nSPS) is 10.6. The minimum atomic E-state index is -0.332. The fourth-order valence-corrected chi connectivity index (χ4v) is 2.57. The summed E-state index contributed by atoms with van der Waals surface area (Å²) in [6.45, 7) is 0.666. The molecule has 0 radical (unpaired) electrons. The molecule has 0 bridgehead atoms. The number of hydrogen-bond acceptors (Lipinski definition) is 5. The number of ether oxygens (including phenoxy) is 1. The number of aromatic hydroxyl groups is 1. The van der Waals surface area contributed by atoms with Crippen LogP contribution in [0.3, 0.4) is 0 Å². The Hall–Kier alpha value is -3.80. The van der Waals surface area contributed by atoms with E-state index in [1.54, 1.807) is 30.3 Å². The number of methoxy groups -OCH3 is 1. The van der Waals surface area contributed by atoms with Gasteiger partial charge in [-0.05, 0) is 42.0 Å². The van der Waals surface area contributed by atoms with Gasteiger partial charge in [-0.15, -0.1) is 0 Å². The Balaban J connectivity index is 1.56. The average molecular weight is 375 g/mol. The van der Waals surface area contributed by atoms with Gasteiger partial charge in [-0.25, -0.2) is 5.43 Å². The van der Waals surface area contributed by atoms with Crippen molar-refractivity contribution in [1.82, 2.24) is 5.43 Å². The molecule has 3 aromatic rings. The lowest BCUT2D eigenvalue weighted by Crippen LogP contribution is -2.17. The highest BCUT2D eigenvalue weighted by molar-refractivity contribution is 5.95. The molecule has 142 valence electrons. The molecule has 0 heterocycles. The third kappa shape index (κ3) is 4.88. The third-order valence-corrected chi connectivity index (χ3v) is 4.11. The van der Waals surface area contributed by atoms with E-state index in [0.29, 0.717) is 23.4 Å². The molecule has 1 amide bonds. The van der Waals surface area contributed by atoms with Crippen molar-refractivity contribution in [3.05, 3.63) is 89.5 Å². The van der Waals surface area contributed by atoms with Crippen LogP contribution in [0, 0.1) is 0 Å².